The van der Waals surface area contributed by atoms with Crippen molar-refractivity contribution in [2.45, 2.75) is 78.6 Å². The summed E-state index contributed by atoms with van der Waals surface area (Å²) in [6.45, 7) is 18.1. The first-order valence-corrected chi connectivity index (χ1v) is 37.7. The summed E-state index contributed by atoms with van der Waals surface area (Å²) in [7, 11) is 0. The van der Waals surface area contributed by atoms with Gasteiger partial charge in [-0.25, -0.2) is 15.0 Å². The molecule has 5 heterocycles. The summed E-state index contributed by atoms with van der Waals surface area (Å²) in [6, 6.07) is 55.7. The van der Waals surface area contributed by atoms with Crippen LogP contribution in [0, 0.1) is 0 Å². The molecule has 2 aliphatic heterocycles. The second-order valence-corrected chi connectivity index (χ2v) is 32.0. The van der Waals surface area contributed by atoms with Gasteiger partial charge in [0.25, 0.3) is 6.71 Å². The monoisotopic (exact) mass is 1480 g/mol. The van der Waals surface area contributed by atoms with Crippen LogP contribution in [-0.2, 0) is 16.2 Å². The third-order valence-electron chi connectivity index (χ3n) is 22.0. The van der Waals surface area contributed by atoms with Crippen LogP contribution < -0.4 is 26.2 Å². The number of para-hydroxylation sites is 2. The smallest absolute Gasteiger partial charge is 0.252 e. The number of benzene rings is 15. The normalized spacial score (nSPS) is 15.5. The molecule has 0 unspecified atom stereocenters. The quantitative estimate of drug-likeness (QED) is 0.121. The van der Waals surface area contributed by atoms with Gasteiger partial charge in [0.2, 0.25) is 0 Å². The fourth-order valence-electron chi connectivity index (χ4n) is 16.4. The Hall–Kier alpha value is -13.4. The van der Waals surface area contributed by atoms with E-state index in [0.717, 1.165) is 55.2 Å². The minimum Gasteiger partial charge on any atom is -0.311 e. The Labute approximate surface area is 692 Å². The van der Waals surface area contributed by atoms with E-state index < -0.39 is 156 Å². The lowest BCUT2D eigenvalue weighted by Crippen LogP contribution is -2.61. The maximum Gasteiger partial charge on any atom is 0.252 e. The number of anilines is 6. The molecule has 8 heteroatoms. The van der Waals surface area contributed by atoms with Crippen molar-refractivity contribution >= 4 is 101 Å². The van der Waals surface area contributed by atoms with Crippen LogP contribution in [0.3, 0.4) is 0 Å². The second-order valence-electron chi connectivity index (χ2n) is 32.0. The summed E-state index contributed by atoms with van der Waals surface area (Å²) in [5.74, 6) is -1.11. The van der Waals surface area contributed by atoms with Gasteiger partial charge in [-0.2, -0.15) is 0 Å². The summed E-state index contributed by atoms with van der Waals surface area (Å²) in [5.41, 5.74) is 11.6. The molecule has 0 amide bonds. The Kier molecular flexibility index (Phi) is 11.6. The highest BCUT2D eigenvalue weighted by Crippen LogP contribution is 2.55. The van der Waals surface area contributed by atoms with Gasteiger partial charge in [0, 0.05) is 77.8 Å². The number of nitrogens with zero attached hydrogens (tertiary/aromatic N) is 7. The summed E-state index contributed by atoms with van der Waals surface area (Å²) >= 11 is 0. The van der Waals surface area contributed by atoms with Crippen molar-refractivity contribution in [3.63, 3.8) is 0 Å². The molecule has 0 aliphatic carbocycles. The lowest BCUT2D eigenvalue weighted by molar-refractivity contribution is 0.590. The lowest BCUT2D eigenvalue weighted by Gasteiger charge is -2.46. The number of hydrogen-bond donors (Lipinski definition) is 0. The summed E-state index contributed by atoms with van der Waals surface area (Å²) in [5, 5.41) is 1.46. The summed E-state index contributed by atoms with van der Waals surface area (Å²) in [6.07, 6.45) is 0. The average molecular weight is 1480 g/mol. The molecule has 3 aromatic heterocycles. The van der Waals surface area contributed by atoms with Crippen molar-refractivity contribution in [2.75, 3.05) is 9.80 Å². The van der Waals surface area contributed by atoms with Gasteiger partial charge in [-0.05, 0) is 174 Å². The molecule has 0 spiro atoms. The van der Waals surface area contributed by atoms with Crippen molar-refractivity contribution in [1.29, 1.82) is 0 Å². The molecular formula is C105H84BN7. The average Bonchev–Trinajstić information content (AvgIpc) is 1.49. The number of fused-ring (bicyclic) bond motifs is 10. The van der Waals surface area contributed by atoms with Crippen molar-refractivity contribution in [1.82, 2.24) is 24.1 Å². The molecule has 542 valence electrons. The van der Waals surface area contributed by atoms with Crippen LogP contribution in [0.25, 0.3) is 134 Å². The van der Waals surface area contributed by atoms with Gasteiger partial charge in [0.05, 0.1) is 69.3 Å². The van der Waals surface area contributed by atoms with Crippen LogP contribution in [0.15, 0.2) is 345 Å². The molecule has 0 bridgehead atoms. The topological polar surface area (TPSA) is 55.0 Å². The molecule has 113 heavy (non-hydrogen) atoms. The summed E-state index contributed by atoms with van der Waals surface area (Å²) in [4.78, 5) is 19.9. The molecule has 7 nitrogen and oxygen atoms in total. The highest BCUT2D eigenvalue weighted by Gasteiger charge is 2.46. The van der Waals surface area contributed by atoms with Gasteiger partial charge in [0.1, 0.15) is 0 Å². The number of hydrogen-bond acceptors (Lipinski definition) is 5. The Bertz CT molecular complexity index is 8020. The van der Waals surface area contributed by atoms with E-state index in [4.69, 9.17) is 20.4 Å². The van der Waals surface area contributed by atoms with E-state index in [-0.39, 0.29) is 77.9 Å². The highest BCUT2D eigenvalue weighted by atomic mass is 15.2. The maximum absolute atomic E-state index is 10.0. The zero-order valence-corrected chi connectivity index (χ0v) is 63.4. The largest absolute Gasteiger partial charge is 0.311 e. The Morgan fingerprint density at radius 1 is 0.274 bits per heavy atom. The molecule has 15 aromatic carbocycles. The van der Waals surface area contributed by atoms with E-state index in [9.17, 15) is 24.7 Å². The van der Waals surface area contributed by atoms with Crippen LogP contribution in [0.4, 0.5) is 34.1 Å². The molecule has 2 aliphatic rings. The standard InChI is InChI=1S/C105H84BN7/c1-103(2,3)75-50-56-92-84(60-75)85-61-76(104(4,5)6)51-57-93(85)111(92)79-65-96-98-97(66-79)113(99-83(70-38-22-13-23-39-70)62-77(105(7,8)9)63-86(99)102-108-100(71-40-24-14-25-41-71)107-101(109-102)72-42-26-15-27-43-72)95-64-78(110-89-46-30-28-44-80(89)81-45-29-31-47-90(81)110)52-54-88(95)106(98)87-53-48-74(68-34-18-11-19-35-68)59-94(87)112(96)91-55-49-73(67-32-16-10-17-33-67)58-82(91)69-36-20-12-21-37-69/h10-66H,1-9H3/i11D,14D,15D,18D,19D,24D,25D,26D,27D,28D,29D,30D,31D,34D,35D,40D,41D,42D,44D,45D,46D,47D. The molecule has 20 rings (SSSR count). The van der Waals surface area contributed by atoms with Crippen LogP contribution >= 0.6 is 0 Å². The SMILES string of the molecule is [2H]c1cc(-c2nc(-c3cc(C(C)(C)C)cc(-c4ccccc4)c3N3c4cc(-n5c6c([2H])c([2H])c([2H])c([2H])c6c6c([2H])c([2H])c([2H])c([2H])c65)ccc4B4c5ccc(-c6c([2H])c([2H])c([2H])c([2H])c6[2H])cc5N(c5ccc(-c6ccccc6)cc5-c5ccccc5)c5cc(-n6c7ccc(C(C)(C)C)cc7c7cc(C(C)(C)C)ccc76)cc3c54)nc(-c3c([2H])c([2H])c([2H])c([2H])c3[2H])n2)c([2H])c([2H])c1[2H]. The molecule has 18 aromatic rings. The van der Waals surface area contributed by atoms with Gasteiger partial charge in [0.15, 0.2) is 17.5 Å². The van der Waals surface area contributed by atoms with E-state index in [0.29, 0.717) is 67.2 Å². The minimum atomic E-state index is -0.978. The van der Waals surface area contributed by atoms with Gasteiger partial charge < -0.3 is 18.9 Å². The summed E-state index contributed by atoms with van der Waals surface area (Å²) < 4.78 is 211. The number of aromatic nitrogens is 5. The first-order chi connectivity index (χ1) is 64.0. The Balaban J connectivity index is 1.04. The van der Waals surface area contributed by atoms with Crippen molar-refractivity contribution in [2.24, 2.45) is 0 Å². The Morgan fingerprint density at radius 2 is 0.735 bits per heavy atom. The van der Waals surface area contributed by atoms with E-state index in [1.807, 2.05) is 142 Å². The van der Waals surface area contributed by atoms with Crippen LogP contribution in [-0.4, -0.2) is 30.8 Å². The zero-order valence-electron chi connectivity index (χ0n) is 85.4. The van der Waals surface area contributed by atoms with E-state index >= 15 is 0 Å². The maximum atomic E-state index is 10.0. The van der Waals surface area contributed by atoms with Gasteiger partial charge in [-0.3, -0.25) is 0 Å². The Morgan fingerprint density at radius 3 is 1.34 bits per heavy atom. The fraction of sp³-hybridized carbons (Fsp3) is 0.114. The number of rotatable bonds is 11. The van der Waals surface area contributed by atoms with Crippen molar-refractivity contribution < 1.29 is 30.2 Å². The second kappa shape index (κ2) is 26.7. The predicted octanol–water partition coefficient (Wildman–Crippen LogP) is 25.7. The lowest BCUT2D eigenvalue weighted by atomic mass is 9.33. The van der Waals surface area contributed by atoms with Gasteiger partial charge in [-0.15, -0.1) is 0 Å². The molecular weight excluding hydrogens is 1370 g/mol. The molecule has 0 N–H and O–H groups in total. The van der Waals surface area contributed by atoms with Gasteiger partial charge in [-0.1, -0.05) is 317 Å². The molecule has 0 atom stereocenters. The highest BCUT2D eigenvalue weighted by molar-refractivity contribution is 7.00. The first kappa shape index (κ1) is 49.0. The third kappa shape index (κ3) is 11.8. The zero-order chi connectivity index (χ0) is 95.7. The van der Waals surface area contributed by atoms with Crippen molar-refractivity contribution in [3.8, 4) is 90.0 Å². The predicted molar refractivity (Wildman–Crippen MR) is 477 cm³/mol. The van der Waals surface area contributed by atoms with Crippen LogP contribution in [0.2, 0.25) is 0 Å². The molecule has 0 fully saturated rings. The minimum absolute atomic E-state index is 0.0771. The third-order valence-corrected chi connectivity index (χ3v) is 22.0. The van der Waals surface area contributed by atoms with Crippen molar-refractivity contribution in [3.05, 3.63) is 362 Å². The van der Waals surface area contributed by atoms with E-state index in [1.54, 1.807) is 12.1 Å². The van der Waals surface area contributed by atoms with E-state index in [1.165, 1.54) is 10.6 Å². The first-order valence-electron chi connectivity index (χ1n) is 48.7. The van der Waals surface area contributed by atoms with Gasteiger partial charge >= 0.3 is 0 Å². The molecule has 0 radical (unpaired) electrons. The van der Waals surface area contributed by atoms with Crippen LogP contribution in [0.1, 0.15) is 109 Å². The molecule has 0 saturated heterocycles. The van der Waals surface area contributed by atoms with E-state index in [2.05, 4.69) is 129 Å². The van der Waals surface area contributed by atoms with Crippen LogP contribution in [0.5, 0.6) is 0 Å². The fourth-order valence-corrected chi connectivity index (χ4v) is 16.4. The molecule has 0 saturated carbocycles.